The highest BCUT2D eigenvalue weighted by Crippen LogP contribution is 2.18. The summed E-state index contributed by atoms with van der Waals surface area (Å²) in [4.78, 5) is 0.0998. The molecule has 0 aliphatic rings. The van der Waals surface area contributed by atoms with Gasteiger partial charge in [0.1, 0.15) is 10.6 Å². The van der Waals surface area contributed by atoms with Gasteiger partial charge in [-0.05, 0) is 20.8 Å². The number of aryl methyl sites for hydroxylation is 2. The third kappa shape index (κ3) is 2.55. The van der Waals surface area contributed by atoms with Crippen LogP contribution >= 0.6 is 0 Å². The number of rotatable bonds is 4. The topological polar surface area (TPSA) is 98.2 Å². The maximum Gasteiger partial charge on any atom is 0.246 e. The molecule has 0 bridgehead atoms. The van der Waals surface area contributed by atoms with Crippen molar-refractivity contribution < 1.29 is 12.9 Å². The van der Waals surface area contributed by atoms with Crippen LogP contribution in [0.15, 0.2) is 9.42 Å². The Morgan fingerprint density at radius 3 is 2.53 bits per heavy atom. The zero-order valence-corrected chi connectivity index (χ0v) is 9.76. The van der Waals surface area contributed by atoms with Crippen LogP contribution in [0.5, 0.6) is 0 Å². The van der Waals surface area contributed by atoms with Gasteiger partial charge >= 0.3 is 0 Å². The van der Waals surface area contributed by atoms with E-state index in [2.05, 4.69) is 9.88 Å². The zero-order valence-electron chi connectivity index (χ0n) is 8.94. The third-order valence-corrected chi connectivity index (χ3v) is 3.78. The molecule has 0 spiro atoms. The quantitative estimate of drug-likeness (QED) is 0.757. The van der Waals surface area contributed by atoms with Crippen molar-refractivity contribution in [1.82, 2.24) is 9.88 Å². The first-order valence-corrected chi connectivity index (χ1v) is 6.02. The van der Waals surface area contributed by atoms with Crippen LogP contribution in [0.3, 0.4) is 0 Å². The molecule has 1 atom stereocenters. The summed E-state index contributed by atoms with van der Waals surface area (Å²) in [6, 6.07) is -0.316. The van der Waals surface area contributed by atoms with Crippen molar-refractivity contribution >= 4 is 10.0 Å². The van der Waals surface area contributed by atoms with E-state index in [1.54, 1.807) is 20.8 Å². The van der Waals surface area contributed by atoms with Crippen LogP contribution in [0.25, 0.3) is 0 Å². The van der Waals surface area contributed by atoms with E-state index in [4.69, 9.17) is 10.3 Å². The lowest BCUT2D eigenvalue weighted by atomic mass is 10.4. The summed E-state index contributed by atoms with van der Waals surface area (Å²) >= 11 is 0. The minimum atomic E-state index is -3.58. The number of nitrogens with one attached hydrogen (secondary N) is 1. The first-order chi connectivity index (χ1) is 6.88. The van der Waals surface area contributed by atoms with Gasteiger partial charge in [0.2, 0.25) is 10.0 Å². The van der Waals surface area contributed by atoms with Crippen LogP contribution in [0.1, 0.15) is 18.4 Å². The molecular formula is C8H15N3O3S. The Morgan fingerprint density at radius 2 is 2.13 bits per heavy atom. The van der Waals surface area contributed by atoms with Gasteiger partial charge in [-0.2, -0.15) is 0 Å². The fourth-order valence-electron chi connectivity index (χ4n) is 1.23. The number of hydrogen-bond donors (Lipinski definition) is 2. The van der Waals surface area contributed by atoms with E-state index >= 15 is 0 Å². The molecule has 1 aromatic rings. The summed E-state index contributed by atoms with van der Waals surface area (Å²) in [5.41, 5.74) is 5.69. The Hall–Kier alpha value is -0.920. The minimum Gasteiger partial charge on any atom is -0.360 e. The van der Waals surface area contributed by atoms with E-state index in [-0.39, 0.29) is 23.2 Å². The Balaban J connectivity index is 3.07. The number of sulfonamides is 1. The van der Waals surface area contributed by atoms with E-state index in [1.165, 1.54) is 0 Å². The Morgan fingerprint density at radius 1 is 1.53 bits per heavy atom. The molecule has 7 heteroatoms. The van der Waals surface area contributed by atoms with Gasteiger partial charge in [0, 0.05) is 12.6 Å². The van der Waals surface area contributed by atoms with Gasteiger partial charge in [-0.15, -0.1) is 0 Å². The summed E-state index contributed by atoms with van der Waals surface area (Å²) in [6.45, 7) is 5.07. The number of aromatic nitrogens is 1. The van der Waals surface area contributed by atoms with Gasteiger partial charge in [0.15, 0.2) is 5.76 Å². The lowest BCUT2D eigenvalue weighted by molar-refractivity contribution is 0.390. The molecule has 1 aromatic heterocycles. The molecule has 0 aromatic carbocycles. The molecule has 0 radical (unpaired) electrons. The highest BCUT2D eigenvalue weighted by Gasteiger charge is 2.25. The van der Waals surface area contributed by atoms with Crippen LogP contribution in [-0.4, -0.2) is 26.2 Å². The van der Waals surface area contributed by atoms with Crippen LogP contribution < -0.4 is 10.5 Å². The van der Waals surface area contributed by atoms with E-state index in [1.807, 2.05) is 0 Å². The van der Waals surface area contributed by atoms with Crippen LogP contribution in [0.4, 0.5) is 0 Å². The molecular weight excluding hydrogens is 218 g/mol. The van der Waals surface area contributed by atoms with Crippen LogP contribution in [-0.2, 0) is 10.0 Å². The summed E-state index contributed by atoms with van der Waals surface area (Å²) < 4.78 is 30.9. The molecule has 1 rings (SSSR count). The zero-order chi connectivity index (χ0) is 11.6. The summed E-state index contributed by atoms with van der Waals surface area (Å²) in [5, 5.41) is 3.59. The molecule has 0 saturated carbocycles. The van der Waals surface area contributed by atoms with E-state index in [0.717, 1.165) is 0 Å². The van der Waals surface area contributed by atoms with Gasteiger partial charge in [-0.25, -0.2) is 13.1 Å². The van der Waals surface area contributed by atoms with Crippen molar-refractivity contribution in [1.29, 1.82) is 0 Å². The van der Waals surface area contributed by atoms with Crippen molar-refractivity contribution in [3.05, 3.63) is 11.5 Å². The van der Waals surface area contributed by atoms with E-state index in [9.17, 15) is 8.42 Å². The molecule has 0 fully saturated rings. The summed E-state index contributed by atoms with van der Waals surface area (Å²) in [5.74, 6) is 0.282. The lowest BCUT2D eigenvalue weighted by Gasteiger charge is -2.11. The van der Waals surface area contributed by atoms with Crippen molar-refractivity contribution in [2.24, 2.45) is 5.73 Å². The molecule has 0 aliphatic carbocycles. The van der Waals surface area contributed by atoms with E-state index < -0.39 is 10.0 Å². The molecule has 0 amide bonds. The highest BCUT2D eigenvalue weighted by molar-refractivity contribution is 7.89. The summed E-state index contributed by atoms with van der Waals surface area (Å²) in [6.07, 6.45) is 0. The third-order valence-electron chi connectivity index (χ3n) is 1.95. The molecule has 6 nitrogen and oxygen atoms in total. The maximum atomic E-state index is 11.8. The molecule has 0 aliphatic heterocycles. The fourth-order valence-corrected chi connectivity index (χ4v) is 2.82. The highest BCUT2D eigenvalue weighted by atomic mass is 32.2. The fraction of sp³-hybridized carbons (Fsp3) is 0.625. The van der Waals surface area contributed by atoms with Crippen LogP contribution in [0.2, 0.25) is 0 Å². The number of nitrogens with zero attached hydrogens (tertiary/aromatic N) is 1. The smallest absolute Gasteiger partial charge is 0.246 e. The summed E-state index contributed by atoms with van der Waals surface area (Å²) in [7, 11) is -3.58. The first-order valence-electron chi connectivity index (χ1n) is 4.53. The van der Waals surface area contributed by atoms with Gasteiger partial charge < -0.3 is 10.3 Å². The van der Waals surface area contributed by atoms with Crippen molar-refractivity contribution in [3.8, 4) is 0 Å². The monoisotopic (exact) mass is 233 g/mol. The van der Waals surface area contributed by atoms with Crippen molar-refractivity contribution in [2.75, 3.05) is 6.54 Å². The average Bonchev–Trinajstić information content (AvgIpc) is 2.45. The predicted molar refractivity (Wildman–Crippen MR) is 54.8 cm³/mol. The normalized spacial score (nSPS) is 14.1. The Kier molecular flexibility index (Phi) is 3.48. The van der Waals surface area contributed by atoms with Crippen molar-refractivity contribution in [3.63, 3.8) is 0 Å². The molecule has 0 saturated heterocycles. The number of hydrogen-bond acceptors (Lipinski definition) is 5. The maximum absolute atomic E-state index is 11.8. The Labute approximate surface area is 88.9 Å². The molecule has 0 unspecified atom stereocenters. The van der Waals surface area contributed by atoms with E-state index in [0.29, 0.717) is 5.69 Å². The molecule has 86 valence electrons. The number of nitrogens with two attached hydrogens (primary N) is 1. The standard InChI is InChI=1S/C8H15N3O3S/c1-5(4-9)11-15(12,13)8-6(2)10-14-7(8)3/h5,11H,4,9H2,1-3H3/t5-/m1/s1. The van der Waals surface area contributed by atoms with Gasteiger partial charge in [0.05, 0.1) is 0 Å². The molecule has 1 heterocycles. The molecule has 15 heavy (non-hydrogen) atoms. The predicted octanol–water partition coefficient (Wildman–Crippen LogP) is -0.0831. The second kappa shape index (κ2) is 4.30. The van der Waals surface area contributed by atoms with Gasteiger partial charge in [-0.1, -0.05) is 5.16 Å². The second-order valence-electron chi connectivity index (χ2n) is 3.41. The largest absolute Gasteiger partial charge is 0.360 e. The van der Waals surface area contributed by atoms with Gasteiger partial charge in [-0.3, -0.25) is 0 Å². The van der Waals surface area contributed by atoms with Gasteiger partial charge in [0.25, 0.3) is 0 Å². The van der Waals surface area contributed by atoms with Crippen LogP contribution in [0, 0.1) is 13.8 Å². The second-order valence-corrected chi connectivity index (χ2v) is 5.06. The first kappa shape index (κ1) is 12.2. The van der Waals surface area contributed by atoms with Crippen molar-refractivity contribution in [2.45, 2.75) is 31.7 Å². The minimum absolute atomic E-state index is 0.0998. The molecule has 3 N–H and O–H groups in total. The SMILES string of the molecule is Cc1noc(C)c1S(=O)(=O)N[C@H](C)CN. The Bertz CT molecular complexity index is 418. The average molecular weight is 233 g/mol. The lowest BCUT2D eigenvalue weighted by Crippen LogP contribution is -2.38.